The summed E-state index contributed by atoms with van der Waals surface area (Å²) in [6.45, 7) is 5.27. The number of aromatic nitrogens is 2. The van der Waals surface area contributed by atoms with E-state index in [2.05, 4.69) is 0 Å². The first-order valence-electron chi connectivity index (χ1n) is 6.52. The van der Waals surface area contributed by atoms with Crippen molar-refractivity contribution in [3.05, 3.63) is 27.0 Å². The topological polar surface area (TPSA) is 104 Å². The predicted octanol–water partition coefficient (Wildman–Crippen LogP) is -0.175. The van der Waals surface area contributed by atoms with E-state index in [-0.39, 0.29) is 18.0 Å². The Morgan fingerprint density at radius 3 is 2.35 bits per heavy atom. The van der Waals surface area contributed by atoms with Crippen molar-refractivity contribution in [2.45, 2.75) is 45.5 Å². The van der Waals surface area contributed by atoms with E-state index in [4.69, 9.17) is 5.73 Å². The molecule has 0 unspecified atom stereocenters. The quantitative estimate of drug-likeness (QED) is 0.785. The van der Waals surface area contributed by atoms with E-state index in [9.17, 15) is 18.0 Å². The fourth-order valence-corrected chi connectivity index (χ4v) is 2.64. The molecule has 114 valence electrons. The molecule has 0 amide bonds. The maximum atomic E-state index is 12.1. The first kappa shape index (κ1) is 16.5. The molecule has 0 aromatic carbocycles. The smallest absolute Gasteiger partial charge is 0.331 e. The molecule has 1 aromatic rings. The molecule has 0 aliphatic carbocycles. The van der Waals surface area contributed by atoms with Crippen LogP contribution in [0.3, 0.4) is 0 Å². The highest BCUT2D eigenvalue weighted by atomic mass is 32.2. The average molecular weight is 303 g/mol. The number of nitrogen functional groups attached to an aromatic ring is 1. The highest BCUT2D eigenvalue weighted by molar-refractivity contribution is 7.91. The Morgan fingerprint density at radius 1 is 1.25 bits per heavy atom. The average Bonchev–Trinajstić information content (AvgIpc) is 2.36. The lowest BCUT2D eigenvalue weighted by Gasteiger charge is -2.12. The monoisotopic (exact) mass is 303 g/mol. The van der Waals surface area contributed by atoms with Gasteiger partial charge in [0.25, 0.3) is 5.56 Å². The summed E-state index contributed by atoms with van der Waals surface area (Å²) >= 11 is 0. The van der Waals surface area contributed by atoms with Crippen LogP contribution in [0.5, 0.6) is 0 Å². The van der Waals surface area contributed by atoms with Gasteiger partial charge in [-0.25, -0.2) is 13.2 Å². The number of nitrogens with two attached hydrogens (primary N) is 1. The molecule has 2 N–H and O–H groups in total. The summed E-state index contributed by atoms with van der Waals surface area (Å²) in [7, 11) is -3.32. The molecule has 7 nitrogen and oxygen atoms in total. The highest BCUT2D eigenvalue weighted by Gasteiger charge is 2.18. The summed E-state index contributed by atoms with van der Waals surface area (Å²) in [5, 5.41) is -0.544. The molecule has 0 saturated carbocycles. The number of rotatable bonds is 6. The van der Waals surface area contributed by atoms with E-state index < -0.39 is 26.3 Å². The molecule has 0 aliphatic rings. The Hall–Kier alpha value is -1.57. The van der Waals surface area contributed by atoms with Crippen LogP contribution in [0, 0.1) is 0 Å². The number of sulfone groups is 1. The van der Waals surface area contributed by atoms with Gasteiger partial charge in [-0.05, 0) is 20.3 Å². The highest BCUT2D eigenvalue weighted by Crippen LogP contribution is 2.01. The van der Waals surface area contributed by atoms with Crippen LogP contribution in [-0.2, 0) is 22.9 Å². The molecular formula is C12H21N3O4S. The lowest BCUT2D eigenvalue weighted by atomic mass is 10.4. The first-order valence-corrected chi connectivity index (χ1v) is 8.23. The first-order chi connectivity index (χ1) is 9.20. The van der Waals surface area contributed by atoms with Crippen LogP contribution in [0.25, 0.3) is 0 Å². The second-order valence-electron chi connectivity index (χ2n) is 4.93. The molecule has 1 aromatic heterocycles. The van der Waals surface area contributed by atoms with Crippen molar-refractivity contribution >= 4 is 15.5 Å². The Balaban J connectivity index is 3.19. The van der Waals surface area contributed by atoms with Gasteiger partial charge in [0, 0.05) is 19.3 Å². The summed E-state index contributed by atoms with van der Waals surface area (Å²) in [6, 6.07) is 0. The minimum absolute atomic E-state index is 0.0556. The number of hydrogen-bond acceptors (Lipinski definition) is 5. The maximum absolute atomic E-state index is 12.1. The lowest BCUT2D eigenvalue weighted by Crippen LogP contribution is -2.42. The SMILES string of the molecule is CCCn1cc(N)c(=O)n(CCS(=O)(=O)C(C)C)c1=O. The third-order valence-corrected chi connectivity index (χ3v) is 5.23. The summed E-state index contributed by atoms with van der Waals surface area (Å²) in [4.78, 5) is 24.0. The van der Waals surface area contributed by atoms with Crippen LogP contribution >= 0.6 is 0 Å². The molecular weight excluding hydrogens is 282 g/mol. The lowest BCUT2D eigenvalue weighted by molar-refractivity contribution is 0.550. The third-order valence-electron chi connectivity index (χ3n) is 3.05. The summed E-state index contributed by atoms with van der Waals surface area (Å²) in [5.41, 5.74) is 4.36. The van der Waals surface area contributed by atoms with Gasteiger partial charge >= 0.3 is 5.69 Å². The van der Waals surface area contributed by atoms with Crippen LogP contribution < -0.4 is 17.0 Å². The zero-order valence-electron chi connectivity index (χ0n) is 12.0. The summed E-state index contributed by atoms with van der Waals surface area (Å²) in [6.07, 6.45) is 2.02. The fourth-order valence-electron chi connectivity index (χ4n) is 1.73. The number of aryl methyl sites for hydroxylation is 1. The van der Waals surface area contributed by atoms with Crippen molar-refractivity contribution < 1.29 is 8.42 Å². The Kier molecular flexibility index (Phi) is 5.15. The van der Waals surface area contributed by atoms with Crippen molar-refractivity contribution in [3.8, 4) is 0 Å². The largest absolute Gasteiger partial charge is 0.393 e. The molecule has 0 saturated heterocycles. The van der Waals surface area contributed by atoms with E-state index in [0.29, 0.717) is 13.0 Å². The second-order valence-corrected chi connectivity index (χ2v) is 7.61. The zero-order chi connectivity index (χ0) is 15.5. The van der Waals surface area contributed by atoms with Crippen LogP contribution in [0.2, 0.25) is 0 Å². The van der Waals surface area contributed by atoms with Crippen LogP contribution in [0.15, 0.2) is 15.8 Å². The zero-order valence-corrected chi connectivity index (χ0v) is 12.8. The molecule has 1 heterocycles. The maximum Gasteiger partial charge on any atom is 0.331 e. The van der Waals surface area contributed by atoms with Crippen LogP contribution in [0.4, 0.5) is 5.69 Å². The normalized spacial score (nSPS) is 12.0. The Labute approximate surface area is 117 Å². The van der Waals surface area contributed by atoms with E-state index in [1.54, 1.807) is 13.8 Å². The van der Waals surface area contributed by atoms with Crippen molar-refractivity contribution in [1.29, 1.82) is 0 Å². The predicted molar refractivity (Wildman–Crippen MR) is 78.6 cm³/mol. The standard InChI is InChI=1S/C12H21N3O4S/c1-4-5-14-8-10(13)11(16)15(12(14)17)6-7-20(18,19)9(2)3/h8-9H,4-7,13H2,1-3H3. The van der Waals surface area contributed by atoms with Crippen molar-refractivity contribution in [3.63, 3.8) is 0 Å². The summed E-state index contributed by atoms with van der Waals surface area (Å²) < 4.78 is 25.8. The molecule has 0 radical (unpaired) electrons. The molecule has 1 rings (SSSR count). The minimum atomic E-state index is -3.32. The molecule has 0 aliphatic heterocycles. The van der Waals surface area contributed by atoms with Gasteiger partial charge in [-0.15, -0.1) is 0 Å². The molecule has 8 heteroatoms. The summed E-state index contributed by atoms with van der Waals surface area (Å²) in [5.74, 6) is -0.255. The molecule has 0 fully saturated rings. The number of nitrogens with zero attached hydrogens (tertiary/aromatic N) is 2. The van der Waals surface area contributed by atoms with Gasteiger partial charge in [-0.3, -0.25) is 13.9 Å². The van der Waals surface area contributed by atoms with Gasteiger partial charge in [0.15, 0.2) is 9.84 Å². The van der Waals surface area contributed by atoms with Gasteiger partial charge in [-0.2, -0.15) is 0 Å². The third kappa shape index (κ3) is 3.50. The van der Waals surface area contributed by atoms with Crippen LogP contribution in [0.1, 0.15) is 27.2 Å². The molecule has 0 atom stereocenters. The minimum Gasteiger partial charge on any atom is -0.393 e. The molecule has 20 heavy (non-hydrogen) atoms. The molecule has 0 spiro atoms. The van der Waals surface area contributed by atoms with E-state index in [0.717, 1.165) is 4.57 Å². The van der Waals surface area contributed by atoms with Crippen molar-refractivity contribution in [2.75, 3.05) is 11.5 Å². The molecule has 0 bridgehead atoms. The van der Waals surface area contributed by atoms with Crippen LogP contribution in [-0.4, -0.2) is 28.6 Å². The van der Waals surface area contributed by atoms with Crippen molar-refractivity contribution in [1.82, 2.24) is 9.13 Å². The fraction of sp³-hybridized carbons (Fsp3) is 0.667. The van der Waals surface area contributed by atoms with Gasteiger partial charge in [-0.1, -0.05) is 6.92 Å². The van der Waals surface area contributed by atoms with Gasteiger partial charge in [0.2, 0.25) is 0 Å². The van der Waals surface area contributed by atoms with Gasteiger partial charge in [0.05, 0.1) is 11.0 Å². The van der Waals surface area contributed by atoms with Gasteiger partial charge < -0.3 is 5.73 Å². The van der Waals surface area contributed by atoms with E-state index in [1.165, 1.54) is 10.8 Å². The van der Waals surface area contributed by atoms with Crippen molar-refractivity contribution in [2.24, 2.45) is 0 Å². The Bertz CT molecular complexity index is 686. The van der Waals surface area contributed by atoms with Gasteiger partial charge in [0.1, 0.15) is 5.69 Å². The Morgan fingerprint density at radius 2 is 1.85 bits per heavy atom. The number of hydrogen-bond donors (Lipinski definition) is 1. The van der Waals surface area contributed by atoms with E-state index in [1.807, 2.05) is 6.92 Å². The second kappa shape index (κ2) is 6.25. The van der Waals surface area contributed by atoms with E-state index >= 15 is 0 Å². The number of anilines is 1.